The standard InChI is InChI=1S/C13H11NO3Se/c1-17-11-3-2-4-13(9-11)18-12-7-5-10(6-8-12)14(15)16/h2-9H,1H3. The average molecular weight is 308 g/mol. The van der Waals surface area contributed by atoms with Gasteiger partial charge >= 0.3 is 111 Å². The molecule has 0 aliphatic rings. The van der Waals surface area contributed by atoms with Gasteiger partial charge in [0.25, 0.3) is 0 Å². The molecule has 0 heterocycles. The maximum absolute atomic E-state index is 10.5. The summed E-state index contributed by atoms with van der Waals surface area (Å²) in [6.07, 6.45) is 0. The molecule has 2 rings (SSSR count). The van der Waals surface area contributed by atoms with Gasteiger partial charge in [-0.15, -0.1) is 0 Å². The second-order valence-corrected chi connectivity index (χ2v) is 5.94. The summed E-state index contributed by atoms with van der Waals surface area (Å²) < 4.78 is 7.44. The van der Waals surface area contributed by atoms with E-state index in [4.69, 9.17) is 4.74 Å². The number of methoxy groups -OCH3 is 1. The summed E-state index contributed by atoms with van der Waals surface area (Å²) in [6.45, 7) is 0. The fraction of sp³-hybridized carbons (Fsp3) is 0.0769. The first-order valence-corrected chi connectivity index (χ1v) is 6.97. The fourth-order valence-electron chi connectivity index (χ4n) is 1.44. The van der Waals surface area contributed by atoms with Gasteiger partial charge in [-0.1, -0.05) is 0 Å². The SMILES string of the molecule is COc1cccc([Se]c2ccc([N+](=O)[O-])cc2)c1. The van der Waals surface area contributed by atoms with E-state index in [9.17, 15) is 10.1 Å². The van der Waals surface area contributed by atoms with Gasteiger partial charge in [-0.3, -0.25) is 0 Å². The minimum absolute atomic E-state index is 0.125. The van der Waals surface area contributed by atoms with E-state index in [1.165, 1.54) is 16.6 Å². The van der Waals surface area contributed by atoms with Crippen LogP contribution in [0.4, 0.5) is 5.69 Å². The van der Waals surface area contributed by atoms with Crippen molar-refractivity contribution in [3.05, 3.63) is 58.6 Å². The van der Waals surface area contributed by atoms with E-state index >= 15 is 0 Å². The minimum atomic E-state index is -0.387. The summed E-state index contributed by atoms with van der Waals surface area (Å²) in [5.74, 6) is 0.830. The number of hydrogen-bond donors (Lipinski definition) is 0. The molecule has 0 saturated carbocycles. The number of non-ortho nitro benzene ring substituents is 1. The Morgan fingerprint density at radius 2 is 1.83 bits per heavy atom. The Morgan fingerprint density at radius 3 is 2.44 bits per heavy atom. The topological polar surface area (TPSA) is 52.4 Å². The third kappa shape index (κ3) is 3.09. The van der Waals surface area contributed by atoms with Crippen LogP contribution in [-0.4, -0.2) is 27.0 Å². The molecule has 92 valence electrons. The van der Waals surface area contributed by atoms with Crippen molar-refractivity contribution < 1.29 is 9.66 Å². The molecule has 0 amide bonds. The summed E-state index contributed by atoms with van der Waals surface area (Å²) in [7, 11) is 1.64. The Kier molecular flexibility index (Phi) is 3.97. The molecule has 2 aromatic carbocycles. The van der Waals surface area contributed by atoms with Crippen molar-refractivity contribution in [2.24, 2.45) is 0 Å². The van der Waals surface area contributed by atoms with Crippen molar-refractivity contribution >= 4 is 29.6 Å². The zero-order valence-electron chi connectivity index (χ0n) is 9.70. The van der Waals surface area contributed by atoms with Crippen LogP contribution in [0, 0.1) is 10.1 Å². The summed E-state index contributed by atoms with van der Waals surface area (Å²) in [4.78, 5) is 10.2. The molecule has 2 aromatic rings. The first-order chi connectivity index (χ1) is 8.69. The van der Waals surface area contributed by atoms with Gasteiger partial charge in [-0.2, -0.15) is 0 Å². The van der Waals surface area contributed by atoms with E-state index in [2.05, 4.69) is 0 Å². The van der Waals surface area contributed by atoms with Crippen molar-refractivity contribution in [2.75, 3.05) is 7.11 Å². The molecule has 0 bridgehead atoms. The number of ether oxygens (including phenoxy) is 1. The van der Waals surface area contributed by atoms with Gasteiger partial charge < -0.3 is 0 Å². The third-order valence-electron chi connectivity index (χ3n) is 2.32. The molecular weight excluding hydrogens is 297 g/mol. The van der Waals surface area contributed by atoms with E-state index in [1.54, 1.807) is 19.2 Å². The molecule has 0 N–H and O–H groups in total. The summed E-state index contributed by atoms with van der Waals surface area (Å²) in [6, 6.07) is 14.5. The van der Waals surface area contributed by atoms with Crippen LogP contribution in [0.2, 0.25) is 0 Å². The van der Waals surface area contributed by atoms with Crippen LogP contribution >= 0.6 is 0 Å². The predicted molar refractivity (Wildman–Crippen MR) is 71.1 cm³/mol. The summed E-state index contributed by atoms with van der Waals surface area (Å²) in [5.41, 5.74) is 0.125. The summed E-state index contributed by atoms with van der Waals surface area (Å²) >= 11 is 0.129. The van der Waals surface area contributed by atoms with E-state index in [1.807, 2.05) is 24.3 Å². The van der Waals surface area contributed by atoms with Crippen molar-refractivity contribution in [1.82, 2.24) is 0 Å². The molecule has 18 heavy (non-hydrogen) atoms. The zero-order chi connectivity index (χ0) is 13.0. The Balaban J connectivity index is 2.15. The van der Waals surface area contributed by atoms with Crippen LogP contribution in [0.25, 0.3) is 0 Å². The van der Waals surface area contributed by atoms with Crippen LogP contribution in [0.1, 0.15) is 0 Å². The number of hydrogen-bond acceptors (Lipinski definition) is 3. The van der Waals surface area contributed by atoms with Crippen LogP contribution in [0.15, 0.2) is 48.5 Å². The van der Waals surface area contributed by atoms with E-state index in [0.29, 0.717) is 0 Å². The molecular formula is C13H11NO3Se. The molecule has 0 aliphatic carbocycles. The van der Waals surface area contributed by atoms with E-state index < -0.39 is 0 Å². The number of nitrogens with zero attached hydrogens (tertiary/aromatic N) is 1. The molecule has 0 atom stereocenters. The molecule has 5 heteroatoms. The molecule has 0 spiro atoms. The van der Waals surface area contributed by atoms with Crippen LogP contribution in [0.5, 0.6) is 5.75 Å². The van der Waals surface area contributed by atoms with Gasteiger partial charge in [0.2, 0.25) is 0 Å². The van der Waals surface area contributed by atoms with Crippen LogP contribution in [-0.2, 0) is 0 Å². The first-order valence-electron chi connectivity index (χ1n) is 5.25. The molecule has 0 unspecified atom stereocenters. The Bertz CT molecular complexity index is 554. The van der Waals surface area contributed by atoms with E-state index in [0.717, 1.165) is 10.2 Å². The number of benzene rings is 2. The molecule has 0 saturated heterocycles. The summed E-state index contributed by atoms with van der Waals surface area (Å²) in [5, 5.41) is 10.5. The number of nitro groups is 1. The third-order valence-corrected chi connectivity index (χ3v) is 4.42. The molecule has 0 radical (unpaired) electrons. The molecule has 0 aromatic heterocycles. The monoisotopic (exact) mass is 309 g/mol. The van der Waals surface area contributed by atoms with Gasteiger partial charge in [0.05, 0.1) is 0 Å². The quantitative estimate of drug-likeness (QED) is 0.485. The van der Waals surface area contributed by atoms with Gasteiger partial charge in [0, 0.05) is 0 Å². The average Bonchev–Trinajstić information content (AvgIpc) is 2.39. The second kappa shape index (κ2) is 5.67. The molecule has 0 aliphatic heterocycles. The molecule has 4 nitrogen and oxygen atoms in total. The number of nitro benzene ring substituents is 1. The van der Waals surface area contributed by atoms with Gasteiger partial charge in [-0.25, -0.2) is 0 Å². The Morgan fingerprint density at radius 1 is 1.11 bits per heavy atom. The van der Waals surface area contributed by atoms with Crippen LogP contribution < -0.4 is 13.7 Å². The van der Waals surface area contributed by atoms with Gasteiger partial charge in [-0.05, 0) is 0 Å². The maximum atomic E-state index is 10.5. The Hall–Kier alpha value is -1.84. The van der Waals surface area contributed by atoms with Gasteiger partial charge in [0.1, 0.15) is 0 Å². The van der Waals surface area contributed by atoms with Crippen molar-refractivity contribution in [1.29, 1.82) is 0 Å². The van der Waals surface area contributed by atoms with E-state index in [-0.39, 0.29) is 25.6 Å². The van der Waals surface area contributed by atoms with Crippen molar-refractivity contribution in [2.45, 2.75) is 0 Å². The fourth-order valence-corrected chi connectivity index (χ4v) is 3.25. The second-order valence-electron chi connectivity index (χ2n) is 3.53. The number of rotatable bonds is 4. The normalized spacial score (nSPS) is 10.1. The predicted octanol–water partition coefficient (Wildman–Crippen LogP) is 1.26. The zero-order valence-corrected chi connectivity index (χ0v) is 11.4. The van der Waals surface area contributed by atoms with Crippen molar-refractivity contribution in [3.8, 4) is 5.75 Å². The molecule has 0 fully saturated rings. The van der Waals surface area contributed by atoms with Crippen molar-refractivity contribution in [3.63, 3.8) is 0 Å². The first kappa shape index (κ1) is 12.6. The van der Waals surface area contributed by atoms with Gasteiger partial charge in [0.15, 0.2) is 0 Å². The van der Waals surface area contributed by atoms with Crippen LogP contribution in [0.3, 0.4) is 0 Å². The Labute approximate surface area is 111 Å².